The quantitative estimate of drug-likeness (QED) is 0.695. The second-order valence-electron chi connectivity index (χ2n) is 4.07. The Balaban J connectivity index is 2.33. The number of carboxylic acid groups (broad SMARTS) is 1. The van der Waals surface area contributed by atoms with Gasteiger partial charge in [-0.1, -0.05) is 0 Å². The van der Waals surface area contributed by atoms with E-state index in [1.54, 1.807) is 11.0 Å². The topological polar surface area (TPSA) is 82.8 Å². The van der Waals surface area contributed by atoms with E-state index in [1.165, 1.54) is 6.26 Å². The van der Waals surface area contributed by atoms with Gasteiger partial charge in [0.15, 0.2) is 0 Å². The lowest BCUT2D eigenvalue weighted by molar-refractivity contribution is -0.130. The molecule has 0 spiro atoms. The van der Waals surface area contributed by atoms with Crippen molar-refractivity contribution in [3.63, 3.8) is 0 Å². The van der Waals surface area contributed by atoms with Gasteiger partial charge in [-0.2, -0.15) is 0 Å². The Labute approximate surface area is 112 Å². The van der Waals surface area contributed by atoms with Crippen molar-refractivity contribution in [3.8, 4) is 0 Å². The van der Waals surface area contributed by atoms with Crippen LogP contribution in [0, 0.1) is 0 Å². The maximum Gasteiger partial charge on any atom is 0.372 e. The van der Waals surface area contributed by atoms with E-state index in [-0.39, 0.29) is 11.7 Å². The molecule has 0 atom stereocenters. The molecule has 0 aliphatic heterocycles. The van der Waals surface area contributed by atoms with Crippen LogP contribution in [0.4, 0.5) is 0 Å². The number of amides is 1. The third-order valence-electron chi connectivity index (χ3n) is 2.89. The fourth-order valence-corrected chi connectivity index (χ4v) is 1.82. The summed E-state index contributed by atoms with van der Waals surface area (Å²) in [6.07, 6.45) is 1.75. The SMILES string of the molecule is CCN(CC)C(=O)CCNCc1ccoc1C(=O)O. The first-order valence-corrected chi connectivity index (χ1v) is 6.38. The summed E-state index contributed by atoms with van der Waals surface area (Å²) in [6, 6.07) is 1.61. The molecule has 0 bridgehead atoms. The number of carbonyl (C=O) groups excluding carboxylic acids is 1. The number of hydrogen-bond acceptors (Lipinski definition) is 4. The molecule has 1 aromatic heterocycles. The lowest BCUT2D eigenvalue weighted by Gasteiger charge is -2.18. The summed E-state index contributed by atoms with van der Waals surface area (Å²) in [7, 11) is 0. The second-order valence-corrected chi connectivity index (χ2v) is 4.07. The number of nitrogens with zero attached hydrogens (tertiary/aromatic N) is 1. The maximum atomic E-state index is 11.7. The number of furan rings is 1. The van der Waals surface area contributed by atoms with Crippen molar-refractivity contribution in [1.29, 1.82) is 0 Å². The molecule has 0 aliphatic rings. The van der Waals surface area contributed by atoms with Crippen LogP contribution in [0.15, 0.2) is 16.7 Å². The van der Waals surface area contributed by atoms with Gasteiger partial charge in [0.1, 0.15) is 0 Å². The fourth-order valence-electron chi connectivity index (χ4n) is 1.82. The highest BCUT2D eigenvalue weighted by atomic mass is 16.4. The van der Waals surface area contributed by atoms with Crippen LogP contribution >= 0.6 is 0 Å². The molecule has 1 rings (SSSR count). The lowest BCUT2D eigenvalue weighted by atomic mass is 10.2. The van der Waals surface area contributed by atoms with Gasteiger partial charge in [-0.3, -0.25) is 4.79 Å². The first-order chi connectivity index (χ1) is 9.10. The molecule has 6 heteroatoms. The van der Waals surface area contributed by atoms with E-state index in [2.05, 4.69) is 5.32 Å². The Morgan fingerprint density at radius 3 is 2.63 bits per heavy atom. The monoisotopic (exact) mass is 268 g/mol. The van der Waals surface area contributed by atoms with Crippen molar-refractivity contribution in [3.05, 3.63) is 23.7 Å². The molecule has 0 aliphatic carbocycles. The molecule has 2 N–H and O–H groups in total. The molecule has 0 aromatic carbocycles. The van der Waals surface area contributed by atoms with Gasteiger partial charge in [-0.25, -0.2) is 4.79 Å². The van der Waals surface area contributed by atoms with E-state index in [4.69, 9.17) is 9.52 Å². The molecule has 106 valence electrons. The smallest absolute Gasteiger partial charge is 0.372 e. The van der Waals surface area contributed by atoms with Crippen LogP contribution in [0.3, 0.4) is 0 Å². The average Bonchev–Trinajstić information content (AvgIpc) is 2.84. The molecule has 0 saturated heterocycles. The highest BCUT2D eigenvalue weighted by Crippen LogP contribution is 2.09. The zero-order valence-electron chi connectivity index (χ0n) is 11.3. The summed E-state index contributed by atoms with van der Waals surface area (Å²) in [4.78, 5) is 24.3. The van der Waals surface area contributed by atoms with Crippen molar-refractivity contribution in [1.82, 2.24) is 10.2 Å². The molecule has 19 heavy (non-hydrogen) atoms. The van der Waals surface area contributed by atoms with Gasteiger partial charge in [-0.05, 0) is 19.9 Å². The van der Waals surface area contributed by atoms with Gasteiger partial charge in [-0.15, -0.1) is 0 Å². The zero-order valence-corrected chi connectivity index (χ0v) is 11.3. The van der Waals surface area contributed by atoms with Crippen molar-refractivity contribution < 1.29 is 19.1 Å². The highest BCUT2D eigenvalue weighted by molar-refractivity contribution is 5.86. The first kappa shape index (κ1) is 15.2. The molecule has 1 amide bonds. The highest BCUT2D eigenvalue weighted by Gasteiger charge is 2.13. The van der Waals surface area contributed by atoms with Crippen molar-refractivity contribution >= 4 is 11.9 Å². The zero-order chi connectivity index (χ0) is 14.3. The minimum absolute atomic E-state index is 0.0532. The van der Waals surface area contributed by atoms with Gasteiger partial charge in [0.25, 0.3) is 0 Å². The maximum absolute atomic E-state index is 11.7. The number of carbonyl (C=O) groups is 2. The summed E-state index contributed by atoms with van der Waals surface area (Å²) >= 11 is 0. The second kappa shape index (κ2) is 7.58. The lowest BCUT2D eigenvalue weighted by Crippen LogP contribution is -2.32. The van der Waals surface area contributed by atoms with Gasteiger partial charge in [0.2, 0.25) is 11.7 Å². The Hall–Kier alpha value is -1.82. The van der Waals surface area contributed by atoms with Crippen LogP contribution in [0.5, 0.6) is 0 Å². The van der Waals surface area contributed by atoms with Crippen LogP contribution in [-0.2, 0) is 11.3 Å². The molecular formula is C13H20N2O4. The van der Waals surface area contributed by atoms with E-state index >= 15 is 0 Å². The normalized spacial score (nSPS) is 10.4. The molecule has 6 nitrogen and oxygen atoms in total. The Morgan fingerprint density at radius 2 is 2.05 bits per heavy atom. The van der Waals surface area contributed by atoms with Crippen LogP contribution < -0.4 is 5.32 Å². The Morgan fingerprint density at radius 1 is 1.37 bits per heavy atom. The number of rotatable bonds is 8. The summed E-state index contributed by atoms with van der Waals surface area (Å²) in [5, 5.41) is 11.9. The number of hydrogen-bond donors (Lipinski definition) is 2. The Kier molecular flexibility index (Phi) is 6.08. The standard InChI is InChI=1S/C13H20N2O4/c1-3-15(4-2)11(16)5-7-14-9-10-6-8-19-12(10)13(17)18/h6,8,14H,3-5,7,9H2,1-2H3,(H,17,18). The van der Waals surface area contributed by atoms with E-state index in [9.17, 15) is 9.59 Å². The van der Waals surface area contributed by atoms with E-state index in [1.807, 2.05) is 13.8 Å². The molecule has 0 saturated carbocycles. The van der Waals surface area contributed by atoms with Gasteiger partial charge in [0, 0.05) is 38.2 Å². The summed E-state index contributed by atoms with van der Waals surface area (Å²) in [5.74, 6) is -1.04. The predicted molar refractivity (Wildman–Crippen MR) is 69.9 cm³/mol. The molecular weight excluding hydrogens is 248 g/mol. The number of nitrogens with one attached hydrogen (secondary N) is 1. The third kappa shape index (κ3) is 4.40. The van der Waals surface area contributed by atoms with Crippen molar-refractivity contribution in [2.45, 2.75) is 26.8 Å². The van der Waals surface area contributed by atoms with E-state index < -0.39 is 5.97 Å². The number of carboxylic acids is 1. The van der Waals surface area contributed by atoms with Crippen LogP contribution in [0.2, 0.25) is 0 Å². The van der Waals surface area contributed by atoms with Gasteiger partial charge < -0.3 is 19.7 Å². The van der Waals surface area contributed by atoms with Crippen LogP contribution in [0.1, 0.15) is 36.4 Å². The summed E-state index contributed by atoms with van der Waals surface area (Å²) < 4.78 is 4.86. The van der Waals surface area contributed by atoms with E-state index in [0.29, 0.717) is 38.2 Å². The fraction of sp³-hybridized carbons (Fsp3) is 0.538. The van der Waals surface area contributed by atoms with Crippen LogP contribution in [-0.4, -0.2) is 41.5 Å². The minimum atomic E-state index is -1.08. The largest absolute Gasteiger partial charge is 0.475 e. The first-order valence-electron chi connectivity index (χ1n) is 6.38. The van der Waals surface area contributed by atoms with Gasteiger partial charge >= 0.3 is 5.97 Å². The average molecular weight is 268 g/mol. The molecule has 1 heterocycles. The molecule has 0 fully saturated rings. The minimum Gasteiger partial charge on any atom is -0.475 e. The van der Waals surface area contributed by atoms with Crippen molar-refractivity contribution in [2.24, 2.45) is 0 Å². The molecule has 0 unspecified atom stereocenters. The third-order valence-corrected chi connectivity index (χ3v) is 2.89. The van der Waals surface area contributed by atoms with E-state index in [0.717, 1.165) is 0 Å². The van der Waals surface area contributed by atoms with Crippen LogP contribution in [0.25, 0.3) is 0 Å². The van der Waals surface area contributed by atoms with Gasteiger partial charge in [0.05, 0.1) is 6.26 Å². The van der Waals surface area contributed by atoms with Crippen molar-refractivity contribution in [2.75, 3.05) is 19.6 Å². The summed E-state index contributed by atoms with van der Waals surface area (Å²) in [6.45, 7) is 6.20. The number of aromatic carboxylic acids is 1. The summed E-state index contributed by atoms with van der Waals surface area (Å²) in [5.41, 5.74) is 0.586. The molecule has 1 aromatic rings. The predicted octanol–water partition coefficient (Wildman–Crippen LogP) is 1.33. The Bertz CT molecular complexity index is 424. The molecule has 0 radical (unpaired) electrons.